The Labute approximate surface area is 373 Å². The van der Waals surface area contributed by atoms with Gasteiger partial charge in [-0.1, -0.05) is 80.6 Å². The van der Waals surface area contributed by atoms with Gasteiger partial charge in [-0.3, -0.25) is 38.6 Å². The molecule has 2 aromatic carbocycles. The number of aromatic amines is 1. The number of rotatable bonds is 14. The lowest BCUT2D eigenvalue weighted by Gasteiger charge is -2.33. The number of unbranched alkanes of at least 4 members (excludes halogenated alkanes) is 1. The van der Waals surface area contributed by atoms with E-state index in [0.29, 0.717) is 32.1 Å². The summed E-state index contributed by atoms with van der Waals surface area (Å²) in [4.78, 5) is 107. The maximum absolute atomic E-state index is 14.6. The van der Waals surface area contributed by atoms with Gasteiger partial charge in [0.05, 0.1) is 0 Å². The van der Waals surface area contributed by atoms with Crippen molar-refractivity contribution in [3.63, 3.8) is 0 Å². The van der Waals surface area contributed by atoms with Crippen molar-refractivity contribution in [3.05, 3.63) is 71.9 Å². The van der Waals surface area contributed by atoms with Gasteiger partial charge in [0.2, 0.25) is 41.4 Å². The van der Waals surface area contributed by atoms with Crippen molar-refractivity contribution in [2.24, 2.45) is 22.4 Å². The molecule has 6 rings (SSSR count). The lowest BCUT2D eigenvalue weighted by Crippen LogP contribution is -2.62. The van der Waals surface area contributed by atoms with Gasteiger partial charge in [0.25, 0.3) is 0 Å². The fraction of sp³-hybridized carbons (Fsp3) is 0.522. The molecular weight excluding hydrogens is 819 g/mol. The normalized spacial score (nSPS) is 23.2. The molecule has 2 unspecified atom stereocenters. The van der Waals surface area contributed by atoms with E-state index in [4.69, 9.17) is 11.5 Å². The molecule has 18 heteroatoms. The van der Waals surface area contributed by atoms with Gasteiger partial charge in [-0.25, -0.2) is 0 Å². The highest BCUT2D eigenvalue weighted by atomic mass is 16.2. The minimum atomic E-state index is -1.38. The fourth-order valence-corrected chi connectivity index (χ4v) is 9.07. The number of carbonyl (C=O) groups excluding carboxylic acids is 7. The quantitative estimate of drug-likeness (QED) is 0.0632. The summed E-state index contributed by atoms with van der Waals surface area (Å²) in [6.45, 7) is 1.37. The zero-order valence-corrected chi connectivity index (χ0v) is 36.5. The van der Waals surface area contributed by atoms with Gasteiger partial charge in [-0.15, -0.1) is 0 Å². The van der Waals surface area contributed by atoms with Crippen LogP contribution in [0.3, 0.4) is 0 Å². The first kappa shape index (κ1) is 47.0. The number of hydrogen-bond donors (Lipinski definition) is 9. The summed E-state index contributed by atoms with van der Waals surface area (Å²) in [5.74, 6) is -4.02. The Morgan fingerprint density at radius 1 is 0.812 bits per heavy atom. The van der Waals surface area contributed by atoms with Crippen LogP contribution in [-0.4, -0.2) is 113 Å². The van der Waals surface area contributed by atoms with E-state index in [-0.39, 0.29) is 44.2 Å². The van der Waals surface area contributed by atoms with Crippen molar-refractivity contribution in [1.29, 1.82) is 0 Å². The SMILES string of the molecule is CC(=O)N[C@@H](Cc1ccccc1)C(=O)NC1CNC(=O)[C@H](CCCCN=C(N)N)NC(=O)[C@@H](Cc2c[nH]c3ccccc23)NC(=O)[C@@H](CC2CCCCC2)NC(=O)C2CCCN2C1=O. The van der Waals surface area contributed by atoms with Crippen molar-refractivity contribution in [2.75, 3.05) is 19.6 Å². The molecule has 1 aliphatic carbocycles. The molecule has 1 saturated carbocycles. The number of amides is 7. The molecule has 3 fully saturated rings. The predicted molar refractivity (Wildman–Crippen MR) is 241 cm³/mol. The summed E-state index contributed by atoms with van der Waals surface area (Å²) in [6, 6.07) is 9.90. The lowest BCUT2D eigenvalue weighted by atomic mass is 9.84. The molecule has 64 heavy (non-hydrogen) atoms. The Hall–Kier alpha value is -6.46. The van der Waals surface area contributed by atoms with Crippen LogP contribution in [0.4, 0.5) is 0 Å². The van der Waals surface area contributed by atoms with Crippen LogP contribution < -0.4 is 43.4 Å². The largest absolute Gasteiger partial charge is 0.370 e. The number of nitrogens with two attached hydrogens (primary N) is 2. The number of nitrogens with zero attached hydrogens (tertiary/aromatic N) is 2. The van der Waals surface area contributed by atoms with Crippen molar-refractivity contribution < 1.29 is 33.6 Å². The molecule has 3 heterocycles. The molecule has 2 aliphatic heterocycles. The van der Waals surface area contributed by atoms with E-state index >= 15 is 0 Å². The van der Waals surface area contributed by atoms with Crippen LogP contribution in [0.25, 0.3) is 10.9 Å². The maximum atomic E-state index is 14.6. The highest BCUT2D eigenvalue weighted by Gasteiger charge is 2.41. The van der Waals surface area contributed by atoms with Crippen molar-refractivity contribution in [1.82, 2.24) is 41.8 Å². The number of H-pyrrole nitrogens is 1. The molecule has 3 aromatic rings. The average molecular weight is 882 g/mol. The third-order valence-electron chi connectivity index (χ3n) is 12.4. The van der Waals surface area contributed by atoms with E-state index in [1.54, 1.807) is 18.3 Å². The van der Waals surface area contributed by atoms with Crippen LogP contribution in [0.2, 0.25) is 0 Å². The van der Waals surface area contributed by atoms with Gasteiger partial charge in [0.15, 0.2) is 5.96 Å². The number of aromatic nitrogens is 1. The van der Waals surface area contributed by atoms with E-state index in [9.17, 15) is 33.6 Å². The standard InChI is InChI=1S/C46H63N11O7/c1-28(58)52-35(23-29-13-4-2-5-14-29)41(60)56-38-27-51-40(59)34(19-10-11-21-49-46(47)48)53-43(62)37(25-31-26-50-33-18-9-8-17-32(31)33)54-42(61)36(24-30-15-6-3-7-16-30)55-44(63)39-20-12-22-57(39)45(38)64/h2,4-5,8-9,13-14,17-18,26,30,34-39,50H,3,6-7,10-12,15-16,19-25,27H2,1H3,(H,51,59)(H,52,58)(H,53,62)(H,54,61)(H,55,63)(H,56,60)(H4,47,48,49)/t34-,35-,36+,37+,38?,39?/m0/s1. The molecule has 2 saturated heterocycles. The first-order chi connectivity index (χ1) is 30.9. The Morgan fingerprint density at radius 2 is 1.52 bits per heavy atom. The van der Waals surface area contributed by atoms with E-state index < -0.39 is 84.1 Å². The number of hydrogen-bond acceptors (Lipinski definition) is 8. The molecule has 0 bridgehead atoms. The van der Waals surface area contributed by atoms with Crippen LogP contribution in [-0.2, 0) is 46.4 Å². The molecule has 18 nitrogen and oxygen atoms in total. The zero-order valence-electron chi connectivity index (χ0n) is 36.5. The number of carbonyl (C=O) groups is 7. The van der Waals surface area contributed by atoms with Gasteiger partial charge in [0, 0.05) is 56.5 Å². The van der Waals surface area contributed by atoms with Gasteiger partial charge in [0.1, 0.15) is 36.3 Å². The Kier molecular flexibility index (Phi) is 16.7. The van der Waals surface area contributed by atoms with Gasteiger partial charge >= 0.3 is 0 Å². The molecule has 6 atom stereocenters. The number of benzene rings is 2. The third kappa shape index (κ3) is 13.0. The van der Waals surface area contributed by atoms with E-state index in [2.05, 4.69) is 41.9 Å². The fourth-order valence-electron chi connectivity index (χ4n) is 9.07. The second-order valence-electron chi connectivity index (χ2n) is 17.2. The Bertz CT molecular complexity index is 2150. The average Bonchev–Trinajstić information content (AvgIpc) is 3.94. The van der Waals surface area contributed by atoms with E-state index in [1.165, 1.54) is 11.8 Å². The van der Waals surface area contributed by atoms with Crippen LogP contribution in [0.1, 0.15) is 88.7 Å². The first-order valence-electron chi connectivity index (χ1n) is 22.6. The van der Waals surface area contributed by atoms with Crippen LogP contribution in [0, 0.1) is 5.92 Å². The molecule has 344 valence electrons. The minimum absolute atomic E-state index is 0.0714. The van der Waals surface area contributed by atoms with E-state index in [1.807, 2.05) is 42.5 Å². The summed E-state index contributed by atoms with van der Waals surface area (Å²) in [7, 11) is 0. The predicted octanol–water partition coefficient (Wildman–Crippen LogP) is 0.932. The second kappa shape index (κ2) is 22.8. The number of nitrogens with one attached hydrogen (secondary N) is 7. The maximum Gasteiger partial charge on any atom is 0.247 e. The molecule has 3 aliphatic rings. The summed E-state index contributed by atoms with van der Waals surface area (Å²) in [5, 5.41) is 17.9. The minimum Gasteiger partial charge on any atom is -0.370 e. The molecule has 11 N–H and O–H groups in total. The number of guanidine groups is 1. The topological polar surface area (TPSA) is 275 Å². The second-order valence-corrected chi connectivity index (χ2v) is 17.2. The highest BCUT2D eigenvalue weighted by molar-refractivity contribution is 5.98. The van der Waals surface area contributed by atoms with Gasteiger partial charge in [-0.05, 0) is 61.6 Å². The van der Waals surface area contributed by atoms with Gasteiger partial charge < -0.3 is 53.3 Å². The summed E-state index contributed by atoms with van der Waals surface area (Å²) in [6.07, 6.45) is 9.00. The first-order valence-corrected chi connectivity index (χ1v) is 22.6. The summed E-state index contributed by atoms with van der Waals surface area (Å²) < 4.78 is 0. The smallest absolute Gasteiger partial charge is 0.247 e. The molecular formula is C46H63N11O7. The Balaban J connectivity index is 1.34. The van der Waals surface area contributed by atoms with Gasteiger partial charge in [-0.2, -0.15) is 0 Å². The number of fused-ring (bicyclic) bond motifs is 2. The van der Waals surface area contributed by atoms with Crippen LogP contribution >= 0.6 is 0 Å². The summed E-state index contributed by atoms with van der Waals surface area (Å²) in [5.41, 5.74) is 13.4. The third-order valence-corrected chi connectivity index (χ3v) is 12.4. The van der Waals surface area contributed by atoms with Crippen LogP contribution in [0.15, 0.2) is 65.8 Å². The summed E-state index contributed by atoms with van der Waals surface area (Å²) >= 11 is 0. The Morgan fingerprint density at radius 3 is 2.27 bits per heavy atom. The lowest BCUT2D eigenvalue weighted by molar-refractivity contribution is -0.143. The van der Waals surface area contributed by atoms with Crippen LogP contribution in [0.5, 0.6) is 0 Å². The highest BCUT2D eigenvalue weighted by Crippen LogP contribution is 2.28. The number of para-hydroxylation sites is 1. The van der Waals surface area contributed by atoms with Crippen molar-refractivity contribution in [3.8, 4) is 0 Å². The van der Waals surface area contributed by atoms with Crippen molar-refractivity contribution in [2.45, 2.75) is 127 Å². The molecule has 1 aromatic heterocycles. The number of aliphatic imine (C=N–C) groups is 1. The molecule has 0 radical (unpaired) electrons. The monoisotopic (exact) mass is 881 g/mol. The molecule has 7 amide bonds. The van der Waals surface area contributed by atoms with Crippen molar-refractivity contribution >= 4 is 58.2 Å². The molecule has 0 spiro atoms. The zero-order chi connectivity index (χ0) is 45.6. The van der Waals surface area contributed by atoms with E-state index in [0.717, 1.165) is 54.1 Å².